The fourth-order valence-corrected chi connectivity index (χ4v) is 3.35. The highest BCUT2D eigenvalue weighted by atomic mass is 16.5. The SMILES string of the molecule is COCC(=O)Nc1ccc(N2CCN(c3ccc(OC)cc3)CC2)cc1C(=O)O. The van der Waals surface area contributed by atoms with Crippen molar-refractivity contribution < 1.29 is 24.2 Å². The highest BCUT2D eigenvalue weighted by Crippen LogP contribution is 2.26. The van der Waals surface area contributed by atoms with Gasteiger partial charge in [0.05, 0.1) is 18.4 Å². The van der Waals surface area contributed by atoms with Crippen LogP contribution in [-0.2, 0) is 9.53 Å². The van der Waals surface area contributed by atoms with Gasteiger partial charge in [-0.25, -0.2) is 4.79 Å². The lowest BCUT2D eigenvalue weighted by Crippen LogP contribution is -2.46. The maximum absolute atomic E-state index is 11.7. The predicted molar refractivity (Wildman–Crippen MR) is 111 cm³/mol. The Morgan fingerprint density at radius 2 is 1.55 bits per heavy atom. The van der Waals surface area contributed by atoms with Gasteiger partial charge in [-0.3, -0.25) is 4.79 Å². The number of benzene rings is 2. The number of carbonyl (C=O) groups excluding carboxylic acids is 1. The van der Waals surface area contributed by atoms with Gasteiger partial charge in [0.25, 0.3) is 0 Å². The van der Waals surface area contributed by atoms with E-state index in [1.54, 1.807) is 19.2 Å². The molecule has 0 unspecified atom stereocenters. The van der Waals surface area contributed by atoms with E-state index in [2.05, 4.69) is 15.1 Å². The third-order valence-electron chi connectivity index (χ3n) is 4.87. The lowest BCUT2D eigenvalue weighted by atomic mass is 10.1. The van der Waals surface area contributed by atoms with Gasteiger partial charge in [0.15, 0.2) is 0 Å². The van der Waals surface area contributed by atoms with E-state index in [-0.39, 0.29) is 17.9 Å². The molecule has 0 saturated carbocycles. The first kappa shape index (κ1) is 20.5. The molecule has 2 N–H and O–H groups in total. The largest absolute Gasteiger partial charge is 0.497 e. The molecule has 1 fully saturated rings. The zero-order chi connectivity index (χ0) is 20.8. The van der Waals surface area contributed by atoms with E-state index in [1.165, 1.54) is 7.11 Å². The summed E-state index contributed by atoms with van der Waals surface area (Å²) in [6.45, 7) is 3.04. The minimum Gasteiger partial charge on any atom is -0.497 e. The number of carboxylic acids is 1. The summed E-state index contributed by atoms with van der Waals surface area (Å²) in [7, 11) is 3.06. The van der Waals surface area contributed by atoms with Crippen LogP contribution >= 0.6 is 0 Å². The Morgan fingerprint density at radius 3 is 2.10 bits per heavy atom. The van der Waals surface area contributed by atoms with Gasteiger partial charge >= 0.3 is 5.97 Å². The third-order valence-corrected chi connectivity index (χ3v) is 4.87. The number of ether oxygens (including phenoxy) is 2. The van der Waals surface area contributed by atoms with Crippen molar-refractivity contribution in [1.82, 2.24) is 0 Å². The molecule has 1 aliphatic heterocycles. The molecule has 0 bridgehead atoms. The number of carbonyl (C=O) groups is 2. The van der Waals surface area contributed by atoms with Crippen LogP contribution < -0.4 is 19.9 Å². The highest BCUT2D eigenvalue weighted by molar-refractivity contribution is 6.01. The van der Waals surface area contributed by atoms with Gasteiger partial charge in [-0.15, -0.1) is 0 Å². The number of hydrogen-bond donors (Lipinski definition) is 2. The average molecular weight is 399 g/mol. The Labute approximate surface area is 169 Å². The van der Waals surface area contributed by atoms with Crippen LogP contribution in [0.1, 0.15) is 10.4 Å². The van der Waals surface area contributed by atoms with E-state index in [4.69, 9.17) is 9.47 Å². The van der Waals surface area contributed by atoms with Crippen LogP contribution in [0.25, 0.3) is 0 Å². The predicted octanol–water partition coefficient (Wildman–Crippen LogP) is 2.30. The third kappa shape index (κ3) is 4.97. The Kier molecular flexibility index (Phi) is 6.56. The highest BCUT2D eigenvalue weighted by Gasteiger charge is 2.20. The molecule has 0 spiro atoms. The monoisotopic (exact) mass is 399 g/mol. The van der Waals surface area contributed by atoms with Crippen molar-refractivity contribution in [1.29, 1.82) is 0 Å². The van der Waals surface area contributed by atoms with E-state index in [0.717, 1.165) is 43.3 Å². The molecule has 3 rings (SSSR count). The van der Waals surface area contributed by atoms with Gasteiger partial charge in [-0.05, 0) is 42.5 Å². The van der Waals surface area contributed by atoms with Gasteiger partial charge in [0, 0.05) is 44.7 Å². The molecule has 1 amide bonds. The summed E-state index contributed by atoms with van der Waals surface area (Å²) in [6.07, 6.45) is 0. The van der Waals surface area contributed by atoms with Crippen molar-refractivity contribution in [3.05, 3.63) is 48.0 Å². The van der Waals surface area contributed by atoms with Gasteiger partial charge in [-0.2, -0.15) is 0 Å². The molecule has 1 saturated heterocycles. The Balaban J connectivity index is 1.68. The smallest absolute Gasteiger partial charge is 0.337 e. The number of hydrogen-bond acceptors (Lipinski definition) is 6. The second-order valence-electron chi connectivity index (χ2n) is 6.69. The van der Waals surface area contributed by atoms with Crippen LogP contribution in [0.3, 0.4) is 0 Å². The summed E-state index contributed by atoms with van der Waals surface area (Å²) in [4.78, 5) is 27.8. The number of amides is 1. The van der Waals surface area contributed by atoms with Gasteiger partial charge < -0.3 is 29.7 Å². The maximum atomic E-state index is 11.7. The quantitative estimate of drug-likeness (QED) is 0.738. The van der Waals surface area contributed by atoms with E-state index in [9.17, 15) is 14.7 Å². The van der Waals surface area contributed by atoms with Crippen molar-refractivity contribution in [3.63, 3.8) is 0 Å². The fraction of sp³-hybridized carbons (Fsp3) is 0.333. The summed E-state index contributed by atoms with van der Waals surface area (Å²) in [5.74, 6) is -0.654. The zero-order valence-corrected chi connectivity index (χ0v) is 16.6. The van der Waals surface area contributed by atoms with Crippen molar-refractivity contribution in [2.24, 2.45) is 0 Å². The van der Waals surface area contributed by atoms with Crippen LogP contribution in [-0.4, -0.2) is 64.0 Å². The molecule has 0 aliphatic carbocycles. The number of carboxylic acid groups (broad SMARTS) is 1. The van der Waals surface area contributed by atoms with Gasteiger partial charge in [0.2, 0.25) is 5.91 Å². The molecule has 2 aromatic rings. The first-order valence-corrected chi connectivity index (χ1v) is 9.32. The summed E-state index contributed by atoms with van der Waals surface area (Å²) < 4.78 is 9.98. The minimum absolute atomic E-state index is 0.0598. The maximum Gasteiger partial charge on any atom is 0.337 e. The Morgan fingerprint density at radius 1 is 0.966 bits per heavy atom. The van der Waals surface area contributed by atoms with E-state index < -0.39 is 11.9 Å². The molecule has 8 nitrogen and oxygen atoms in total. The molecule has 1 heterocycles. The van der Waals surface area contributed by atoms with Crippen LogP contribution in [0, 0.1) is 0 Å². The van der Waals surface area contributed by atoms with Crippen molar-refractivity contribution in [2.45, 2.75) is 0 Å². The molecule has 2 aromatic carbocycles. The van der Waals surface area contributed by atoms with Crippen LogP contribution in [0.15, 0.2) is 42.5 Å². The van der Waals surface area contributed by atoms with Crippen LogP contribution in [0.5, 0.6) is 5.75 Å². The molecule has 0 aromatic heterocycles. The lowest BCUT2D eigenvalue weighted by molar-refractivity contribution is -0.119. The topological polar surface area (TPSA) is 91.3 Å². The minimum atomic E-state index is -1.09. The number of rotatable bonds is 7. The van der Waals surface area contributed by atoms with E-state index in [1.807, 2.05) is 30.3 Å². The number of nitrogens with one attached hydrogen (secondary N) is 1. The molecule has 0 radical (unpaired) electrons. The molecule has 1 aliphatic rings. The van der Waals surface area contributed by atoms with Crippen molar-refractivity contribution >= 4 is 28.9 Å². The van der Waals surface area contributed by atoms with Gasteiger partial charge in [0.1, 0.15) is 12.4 Å². The second-order valence-corrected chi connectivity index (χ2v) is 6.69. The summed E-state index contributed by atoms with van der Waals surface area (Å²) in [5, 5.41) is 12.1. The Hall–Kier alpha value is -3.26. The number of anilines is 3. The average Bonchev–Trinajstić information content (AvgIpc) is 2.74. The molecular formula is C21H25N3O5. The number of piperazine rings is 1. The van der Waals surface area contributed by atoms with E-state index in [0.29, 0.717) is 0 Å². The second kappa shape index (κ2) is 9.29. The standard InChI is InChI=1S/C21H25N3O5/c1-28-14-20(25)22-19-8-5-16(13-18(19)21(26)27)24-11-9-23(10-12-24)15-3-6-17(29-2)7-4-15/h3-8,13H,9-12,14H2,1-2H3,(H,22,25)(H,26,27). The Bertz CT molecular complexity index is 861. The van der Waals surface area contributed by atoms with Crippen molar-refractivity contribution in [3.8, 4) is 5.75 Å². The van der Waals surface area contributed by atoms with Crippen LogP contribution in [0.4, 0.5) is 17.1 Å². The molecule has 8 heteroatoms. The summed E-state index contributed by atoms with van der Waals surface area (Å²) >= 11 is 0. The molecular weight excluding hydrogens is 374 g/mol. The van der Waals surface area contributed by atoms with Crippen LogP contribution in [0.2, 0.25) is 0 Å². The summed E-state index contributed by atoms with van der Waals surface area (Å²) in [5.41, 5.74) is 2.28. The number of methoxy groups -OCH3 is 2. The van der Waals surface area contributed by atoms with E-state index >= 15 is 0 Å². The zero-order valence-electron chi connectivity index (χ0n) is 16.6. The number of aromatic carboxylic acids is 1. The lowest BCUT2D eigenvalue weighted by Gasteiger charge is -2.37. The molecule has 154 valence electrons. The fourth-order valence-electron chi connectivity index (χ4n) is 3.35. The first-order valence-electron chi connectivity index (χ1n) is 9.32. The normalized spacial score (nSPS) is 13.9. The summed E-state index contributed by atoms with van der Waals surface area (Å²) in [6, 6.07) is 13.0. The number of nitrogens with zero attached hydrogens (tertiary/aromatic N) is 2. The molecule has 29 heavy (non-hydrogen) atoms. The van der Waals surface area contributed by atoms with Gasteiger partial charge in [-0.1, -0.05) is 0 Å². The molecule has 0 atom stereocenters. The first-order chi connectivity index (χ1) is 14.0. The van der Waals surface area contributed by atoms with Crippen molar-refractivity contribution in [2.75, 3.05) is 62.1 Å².